The van der Waals surface area contributed by atoms with Crippen LogP contribution in [0, 0.1) is 5.92 Å². The van der Waals surface area contributed by atoms with Crippen molar-refractivity contribution in [2.45, 2.75) is 13.8 Å². The Kier molecular flexibility index (Phi) is 3.64. The van der Waals surface area contributed by atoms with Crippen LogP contribution in [-0.2, 0) is 4.79 Å². The molecule has 0 radical (unpaired) electrons. The van der Waals surface area contributed by atoms with Crippen LogP contribution in [0.1, 0.15) is 13.8 Å². The fraction of sp³-hybridized carbons (Fsp3) is 0.375. The molecule has 6 heteroatoms. The summed E-state index contributed by atoms with van der Waals surface area (Å²) in [4.78, 5) is 11.1. The van der Waals surface area contributed by atoms with Gasteiger partial charge >= 0.3 is 0 Å². The zero-order valence-corrected chi connectivity index (χ0v) is 8.67. The highest BCUT2D eigenvalue weighted by atomic mass is 35.5. The fourth-order valence-electron chi connectivity index (χ4n) is 0.653. The van der Waals surface area contributed by atoms with Gasteiger partial charge in [0.1, 0.15) is 0 Å². The zero-order chi connectivity index (χ0) is 10.6. The summed E-state index contributed by atoms with van der Waals surface area (Å²) in [5.74, 6) is 0.257. The van der Waals surface area contributed by atoms with Gasteiger partial charge in [0.15, 0.2) is 11.0 Å². The third kappa shape index (κ3) is 3.18. The third-order valence-corrected chi connectivity index (χ3v) is 1.67. The molecule has 0 fully saturated rings. The second-order valence-electron chi connectivity index (χ2n) is 3.01. The summed E-state index contributed by atoms with van der Waals surface area (Å²) in [5, 5.41) is 7.62. The molecule has 0 aromatic carbocycles. The highest BCUT2D eigenvalue weighted by Gasteiger charge is 2.05. The molecule has 0 atom stereocenters. The lowest BCUT2D eigenvalue weighted by Gasteiger charge is -2.08. The normalized spacial score (nSPS) is 10.0. The molecule has 0 aliphatic heterocycles. The van der Waals surface area contributed by atoms with Gasteiger partial charge in [-0.15, -0.1) is 10.2 Å². The summed E-state index contributed by atoms with van der Waals surface area (Å²) in [5.41, 5.74) is 5.10. The smallest absolute Gasteiger partial charge is 0.240 e. The van der Waals surface area contributed by atoms with Crippen LogP contribution in [0.25, 0.3) is 0 Å². The van der Waals surface area contributed by atoms with Gasteiger partial charge in [-0.1, -0.05) is 25.4 Å². The number of carbonyl (C=O) groups is 1. The molecule has 76 valence electrons. The lowest BCUT2D eigenvalue weighted by atomic mass is 10.2. The van der Waals surface area contributed by atoms with E-state index >= 15 is 0 Å². The molecule has 2 N–H and O–H groups in total. The molecular weight excluding hydrogens is 204 g/mol. The van der Waals surface area contributed by atoms with Crippen molar-refractivity contribution in [2.24, 2.45) is 5.92 Å². The molecule has 0 saturated carbocycles. The lowest BCUT2D eigenvalue weighted by Crippen LogP contribution is -2.33. The second-order valence-corrected chi connectivity index (χ2v) is 3.40. The van der Waals surface area contributed by atoms with Crippen molar-refractivity contribution in [3.05, 3.63) is 17.3 Å². The number of hydrogen-bond acceptors (Lipinski definition) is 4. The van der Waals surface area contributed by atoms with Gasteiger partial charge in [-0.05, 0) is 12.1 Å². The maximum absolute atomic E-state index is 11.1. The van der Waals surface area contributed by atoms with E-state index in [1.807, 2.05) is 0 Å². The molecule has 1 amide bonds. The van der Waals surface area contributed by atoms with Crippen molar-refractivity contribution in [1.82, 2.24) is 15.6 Å². The number of amides is 1. The lowest BCUT2D eigenvalue weighted by molar-refractivity contribution is -0.123. The molecule has 5 nitrogen and oxygen atoms in total. The first-order chi connectivity index (χ1) is 6.59. The zero-order valence-electron chi connectivity index (χ0n) is 7.91. The third-order valence-electron chi connectivity index (χ3n) is 1.47. The predicted octanol–water partition coefficient (Wildman–Crippen LogP) is 1.23. The van der Waals surface area contributed by atoms with E-state index in [0.717, 1.165) is 0 Å². The molecule has 0 aliphatic carbocycles. The van der Waals surface area contributed by atoms with Gasteiger partial charge in [0.2, 0.25) is 5.91 Å². The Balaban J connectivity index is 2.46. The minimum Gasteiger partial charge on any atom is -0.280 e. The summed E-state index contributed by atoms with van der Waals surface area (Å²) < 4.78 is 0. The van der Waals surface area contributed by atoms with Crippen LogP contribution in [0.5, 0.6) is 0 Å². The average Bonchev–Trinajstić information content (AvgIpc) is 2.16. The standard InChI is InChI=1S/C8H11ClN4O/c1-5(2)8(14)13-12-7-4-3-6(9)10-11-7/h3-5H,1-2H3,(H,11,12)(H,13,14). The van der Waals surface area contributed by atoms with Crippen LogP contribution >= 0.6 is 11.6 Å². The van der Waals surface area contributed by atoms with E-state index in [9.17, 15) is 4.79 Å². The monoisotopic (exact) mass is 214 g/mol. The first kappa shape index (κ1) is 10.7. The Morgan fingerprint density at radius 1 is 1.43 bits per heavy atom. The molecule has 1 aromatic heterocycles. The summed E-state index contributed by atoms with van der Waals surface area (Å²) in [6.45, 7) is 3.59. The van der Waals surface area contributed by atoms with Crippen molar-refractivity contribution in [1.29, 1.82) is 0 Å². The Hall–Kier alpha value is -1.36. The molecule has 14 heavy (non-hydrogen) atoms. The van der Waals surface area contributed by atoms with Crippen molar-refractivity contribution < 1.29 is 4.79 Å². The number of aromatic nitrogens is 2. The van der Waals surface area contributed by atoms with Gasteiger partial charge < -0.3 is 0 Å². The number of hydrazine groups is 1. The van der Waals surface area contributed by atoms with E-state index in [1.54, 1.807) is 26.0 Å². The fourth-order valence-corrected chi connectivity index (χ4v) is 0.753. The van der Waals surface area contributed by atoms with E-state index in [1.165, 1.54) is 0 Å². The highest BCUT2D eigenvalue weighted by Crippen LogP contribution is 2.04. The van der Waals surface area contributed by atoms with E-state index in [-0.39, 0.29) is 11.8 Å². The van der Waals surface area contributed by atoms with Crippen LogP contribution in [0.15, 0.2) is 12.1 Å². The molecule has 0 spiro atoms. The van der Waals surface area contributed by atoms with Crippen molar-refractivity contribution in [2.75, 3.05) is 5.43 Å². The van der Waals surface area contributed by atoms with Crippen LogP contribution in [0.4, 0.5) is 5.82 Å². The molecule has 0 bridgehead atoms. The van der Waals surface area contributed by atoms with Crippen LogP contribution in [0.2, 0.25) is 5.15 Å². The topological polar surface area (TPSA) is 66.9 Å². The van der Waals surface area contributed by atoms with E-state index in [0.29, 0.717) is 11.0 Å². The maximum Gasteiger partial charge on any atom is 0.240 e. The van der Waals surface area contributed by atoms with Gasteiger partial charge in [-0.25, -0.2) is 0 Å². The predicted molar refractivity (Wildman–Crippen MR) is 53.6 cm³/mol. The second kappa shape index (κ2) is 4.76. The van der Waals surface area contributed by atoms with Crippen molar-refractivity contribution in [3.8, 4) is 0 Å². The molecule has 1 heterocycles. The SMILES string of the molecule is CC(C)C(=O)NNc1ccc(Cl)nn1. The Morgan fingerprint density at radius 2 is 2.14 bits per heavy atom. The molecule has 1 aromatic rings. The number of halogens is 1. The van der Waals surface area contributed by atoms with Gasteiger partial charge in [0, 0.05) is 5.92 Å². The minimum absolute atomic E-state index is 0.0808. The average molecular weight is 215 g/mol. The number of nitrogens with zero attached hydrogens (tertiary/aromatic N) is 2. The Labute approximate surface area is 86.8 Å². The summed E-state index contributed by atoms with van der Waals surface area (Å²) in [6.07, 6.45) is 0. The molecular formula is C8H11ClN4O. The van der Waals surface area contributed by atoms with Crippen molar-refractivity contribution in [3.63, 3.8) is 0 Å². The Bertz CT molecular complexity index is 312. The van der Waals surface area contributed by atoms with Gasteiger partial charge in [0.05, 0.1) is 0 Å². The summed E-state index contributed by atoms with van der Waals surface area (Å²) in [7, 11) is 0. The molecule has 1 rings (SSSR count). The minimum atomic E-state index is -0.109. The number of carbonyl (C=O) groups excluding carboxylic acids is 1. The summed E-state index contributed by atoms with van der Waals surface area (Å²) in [6, 6.07) is 3.20. The number of rotatable bonds is 3. The molecule has 0 saturated heterocycles. The first-order valence-corrected chi connectivity index (χ1v) is 4.52. The quantitative estimate of drug-likeness (QED) is 0.743. The van der Waals surface area contributed by atoms with Gasteiger partial charge in [-0.3, -0.25) is 15.6 Å². The number of nitrogens with one attached hydrogen (secondary N) is 2. The van der Waals surface area contributed by atoms with Gasteiger partial charge in [0.25, 0.3) is 0 Å². The largest absolute Gasteiger partial charge is 0.280 e. The summed E-state index contributed by atoms with van der Waals surface area (Å²) >= 11 is 5.54. The maximum atomic E-state index is 11.1. The molecule has 0 aliphatic rings. The van der Waals surface area contributed by atoms with Crippen LogP contribution in [0.3, 0.4) is 0 Å². The van der Waals surface area contributed by atoms with E-state index in [2.05, 4.69) is 21.0 Å². The van der Waals surface area contributed by atoms with Gasteiger partial charge in [-0.2, -0.15) is 0 Å². The van der Waals surface area contributed by atoms with E-state index < -0.39 is 0 Å². The molecule has 0 unspecified atom stereocenters. The number of hydrogen-bond donors (Lipinski definition) is 2. The first-order valence-electron chi connectivity index (χ1n) is 4.14. The van der Waals surface area contributed by atoms with Crippen molar-refractivity contribution >= 4 is 23.3 Å². The highest BCUT2D eigenvalue weighted by molar-refractivity contribution is 6.29. The number of anilines is 1. The van der Waals surface area contributed by atoms with Crippen LogP contribution in [-0.4, -0.2) is 16.1 Å². The van der Waals surface area contributed by atoms with E-state index in [4.69, 9.17) is 11.6 Å². The van der Waals surface area contributed by atoms with Crippen LogP contribution < -0.4 is 10.9 Å². The Morgan fingerprint density at radius 3 is 2.64 bits per heavy atom.